The monoisotopic (exact) mass is 315 g/mol. The first kappa shape index (κ1) is 16.0. The molecule has 0 radical (unpaired) electrons. The van der Waals surface area contributed by atoms with E-state index in [0.29, 0.717) is 18.1 Å². The molecule has 0 saturated carbocycles. The van der Waals surface area contributed by atoms with Gasteiger partial charge in [0.25, 0.3) is 0 Å². The van der Waals surface area contributed by atoms with Crippen LogP contribution in [0.3, 0.4) is 0 Å². The van der Waals surface area contributed by atoms with Crippen molar-refractivity contribution in [3.8, 4) is 6.07 Å². The fraction of sp³-hybridized carbons (Fsp3) is 0.333. The Kier molecular flexibility index (Phi) is 5.98. The van der Waals surface area contributed by atoms with Gasteiger partial charge in [0.2, 0.25) is 5.91 Å². The molecule has 0 fully saturated rings. The van der Waals surface area contributed by atoms with Crippen molar-refractivity contribution in [1.29, 1.82) is 5.26 Å². The maximum atomic E-state index is 11.7. The van der Waals surface area contributed by atoms with E-state index in [1.165, 1.54) is 11.8 Å². The van der Waals surface area contributed by atoms with Gasteiger partial charge in [-0.05, 0) is 12.5 Å². The van der Waals surface area contributed by atoms with Crippen LogP contribution in [-0.4, -0.2) is 33.0 Å². The Morgan fingerprint density at radius 1 is 1.45 bits per heavy atom. The van der Waals surface area contributed by atoms with E-state index in [0.717, 1.165) is 5.56 Å². The van der Waals surface area contributed by atoms with E-state index in [2.05, 4.69) is 22.4 Å². The molecule has 1 amide bonds. The van der Waals surface area contributed by atoms with Gasteiger partial charge < -0.3 is 9.88 Å². The van der Waals surface area contributed by atoms with Crippen LogP contribution in [0.5, 0.6) is 0 Å². The van der Waals surface area contributed by atoms with Crippen molar-refractivity contribution < 1.29 is 4.79 Å². The normalized spacial score (nSPS) is 11.6. The highest BCUT2D eigenvalue weighted by atomic mass is 32.2. The van der Waals surface area contributed by atoms with Crippen molar-refractivity contribution >= 4 is 17.7 Å². The summed E-state index contributed by atoms with van der Waals surface area (Å²) in [7, 11) is 0. The maximum absolute atomic E-state index is 11.7. The molecule has 0 aliphatic heterocycles. The zero-order valence-corrected chi connectivity index (χ0v) is 13.1. The van der Waals surface area contributed by atoms with E-state index < -0.39 is 0 Å². The summed E-state index contributed by atoms with van der Waals surface area (Å²) in [4.78, 5) is 11.7. The predicted octanol–water partition coefficient (Wildman–Crippen LogP) is 2.01. The summed E-state index contributed by atoms with van der Waals surface area (Å²) in [6.07, 6.45) is 1.99. The minimum atomic E-state index is -0.109. The smallest absolute Gasteiger partial charge is 0.230 e. The fourth-order valence-electron chi connectivity index (χ4n) is 1.93. The number of thioether (sulfide) groups is 1. The highest BCUT2D eigenvalue weighted by molar-refractivity contribution is 7.99. The number of nitrogens with zero attached hydrogens (tertiary/aromatic N) is 4. The Morgan fingerprint density at radius 2 is 2.23 bits per heavy atom. The molecule has 7 heteroatoms. The quantitative estimate of drug-likeness (QED) is 0.624. The molecule has 0 spiro atoms. The second-order valence-electron chi connectivity index (χ2n) is 4.65. The molecule has 2 rings (SSSR count). The average molecular weight is 315 g/mol. The minimum absolute atomic E-state index is 0.0975. The highest BCUT2D eigenvalue weighted by Gasteiger charge is 2.14. The third-order valence-electron chi connectivity index (χ3n) is 3.13. The van der Waals surface area contributed by atoms with Crippen molar-refractivity contribution in [1.82, 2.24) is 20.1 Å². The number of carbonyl (C=O) groups excluding carboxylic acids is 1. The summed E-state index contributed by atoms with van der Waals surface area (Å²) in [6.45, 7) is 2.44. The highest BCUT2D eigenvalue weighted by Crippen LogP contribution is 2.23. The molecule has 1 heterocycles. The van der Waals surface area contributed by atoms with E-state index in [1.807, 2.05) is 41.0 Å². The maximum Gasteiger partial charge on any atom is 0.230 e. The summed E-state index contributed by atoms with van der Waals surface area (Å²) >= 11 is 1.34. The lowest BCUT2D eigenvalue weighted by atomic mass is 10.1. The van der Waals surface area contributed by atoms with E-state index in [4.69, 9.17) is 5.26 Å². The predicted molar refractivity (Wildman–Crippen MR) is 84.2 cm³/mol. The van der Waals surface area contributed by atoms with Crippen LogP contribution in [0.1, 0.15) is 24.9 Å². The molecule has 0 saturated heterocycles. The molecule has 1 aromatic heterocycles. The Hall–Kier alpha value is -2.33. The number of rotatable bonds is 7. The third-order valence-corrected chi connectivity index (χ3v) is 4.09. The first-order valence-electron chi connectivity index (χ1n) is 6.93. The number of aromatic nitrogens is 3. The zero-order valence-electron chi connectivity index (χ0n) is 12.3. The van der Waals surface area contributed by atoms with Gasteiger partial charge in [-0.3, -0.25) is 4.79 Å². The summed E-state index contributed by atoms with van der Waals surface area (Å²) in [5.41, 5.74) is 1.16. The van der Waals surface area contributed by atoms with Gasteiger partial charge in [0.05, 0.1) is 24.3 Å². The molecule has 1 atom stereocenters. The number of nitriles is 1. The first-order valence-corrected chi connectivity index (χ1v) is 7.92. The Balaban J connectivity index is 1.95. The molecular weight excluding hydrogens is 298 g/mol. The number of carbonyl (C=O) groups is 1. The van der Waals surface area contributed by atoms with Crippen LogP contribution in [-0.2, 0) is 4.79 Å². The van der Waals surface area contributed by atoms with Gasteiger partial charge in [0.1, 0.15) is 6.33 Å². The Bertz CT molecular complexity index is 649. The van der Waals surface area contributed by atoms with Crippen LogP contribution in [0.15, 0.2) is 41.8 Å². The topological polar surface area (TPSA) is 83.6 Å². The first-order chi connectivity index (χ1) is 10.7. The molecule has 6 nitrogen and oxygen atoms in total. The second kappa shape index (κ2) is 8.20. The minimum Gasteiger partial charge on any atom is -0.354 e. The van der Waals surface area contributed by atoms with Crippen LogP contribution in [0.2, 0.25) is 0 Å². The van der Waals surface area contributed by atoms with Gasteiger partial charge in [-0.1, -0.05) is 42.1 Å². The molecule has 0 bridgehead atoms. The number of hydrogen-bond acceptors (Lipinski definition) is 5. The Labute approximate surface area is 133 Å². The number of nitrogens with one attached hydrogen (secondary N) is 1. The van der Waals surface area contributed by atoms with Gasteiger partial charge in [-0.2, -0.15) is 5.26 Å². The largest absolute Gasteiger partial charge is 0.354 e. The van der Waals surface area contributed by atoms with Crippen LogP contribution < -0.4 is 5.32 Å². The van der Waals surface area contributed by atoms with Gasteiger partial charge in [0.15, 0.2) is 5.16 Å². The van der Waals surface area contributed by atoms with Gasteiger partial charge >= 0.3 is 0 Å². The third kappa shape index (κ3) is 4.33. The molecule has 1 aromatic carbocycles. The van der Waals surface area contributed by atoms with Crippen molar-refractivity contribution in [2.75, 3.05) is 12.3 Å². The van der Waals surface area contributed by atoms with Crippen molar-refractivity contribution in [2.24, 2.45) is 0 Å². The van der Waals surface area contributed by atoms with Crippen molar-refractivity contribution in [3.05, 3.63) is 42.2 Å². The number of benzene rings is 1. The standard InChI is InChI=1S/C15H17N5OS/c1-12(13-6-3-2-4-7-13)20-11-18-19-15(20)22-10-14(21)17-9-5-8-16/h2-4,6-7,11-12H,5,9-10H2,1H3,(H,17,21). The molecule has 0 aliphatic rings. The van der Waals surface area contributed by atoms with Crippen molar-refractivity contribution in [3.63, 3.8) is 0 Å². The zero-order chi connectivity index (χ0) is 15.8. The van der Waals surface area contributed by atoms with Crippen LogP contribution >= 0.6 is 11.8 Å². The van der Waals surface area contributed by atoms with Gasteiger partial charge in [-0.25, -0.2) is 0 Å². The molecule has 22 heavy (non-hydrogen) atoms. The molecule has 0 aliphatic carbocycles. The Morgan fingerprint density at radius 3 is 2.95 bits per heavy atom. The SMILES string of the molecule is CC(c1ccccc1)n1cnnc1SCC(=O)NCCC#N. The fourth-order valence-corrected chi connectivity index (χ4v) is 2.75. The molecular formula is C15H17N5OS. The lowest BCUT2D eigenvalue weighted by molar-refractivity contribution is -0.118. The average Bonchev–Trinajstić information content (AvgIpc) is 3.02. The molecule has 114 valence electrons. The van der Waals surface area contributed by atoms with E-state index in [1.54, 1.807) is 6.33 Å². The van der Waals surface area contributed by atoms with Gasteiger partial charge in [-0.15, -0.1) is 10.2 Å². The molecule has 1 unspecified atom stereocenters. The lowest BCUT2D eigenvalue weighted by Gasteiger charge is -2.15. The molecule has 2 aromatic rings. The van der Waals surface area contributed by atoms with Crippen molar-refractivity contribution in [2.45, 2.75) is 24.5 Å². The van der Waals surface area contributed by atoms with Crippen LogP contribution in [0.25, 0.3) is 0 Å². The summed E-state index contributed by atoms with van der Waals surface area (Å²) < 4.78 is 1.95. The summed E-state index contributed by atoms with van der Waals surface area (Å²) in [5.74, 6) is 0.146. The second-order valence-corrected chi connectivity index (χ2v) is 5.60. The van der Waals surface area contributed by atoms with Gasteiger partial charge in [0, 0.05) is 6.54 Å². The van der Waals surface area contributed by atoms with E-state index in [9.17, 15) is 4.79 Å². The lowest BCUT2D eigenvalue weighted by Crippen LogP contribution is -2.26. The number of amides is 1. The summed E-state index contributed by atoms with van der Waals surface area (Å²) in [6, 6.07) is 12.1. The molecule has 1 N–H and O–H groups in total. The number of hydrogen-bond donors (Lipinski definition) is 1. The van der Waals surface area contributed by atoms with Crippen LogP contribution in [0.4, 0.5) is 0 Å². The van der Waals surface area contributed by atoms with E-state index >= 15 is 0 Å². The summed E-state index contributed by atoms with van der Waals surface area (Å²) in [5, 5.41) is 19.8. The van der Waals surface area contributed by atoms with E-state index in [-0.39, 0.29) is 17.7 Å². The van der Waals surface area contributed by atoms with Crippen LogP contribution in [0, 0.1) is 11.3 Å².